The third-order valence-electron chi connectivity index (χ3n) is 7.23. The van der Waals surface area contributed by atoms with Crippen molar-refractivity contribution in [1.29, 1.82) is 0 Å². The van der Waals surface area contributed by atoms with E-state index in [0.717, 1.165) is 22.3 Å². The van der Waals surface area contributed by atoms with Gasteiger partial charge in [0.05, 0.1) is 51.8 Å². The minimum atomic E-state index is -0.704. The Balaban J connectivity index is 1.54. The Kier molecular flexibility index (Phi) is 10.4. The number of carbonyl (C=O) groups excluding carboxylic acids is 2. The number of aliphatic hydroxyl groups is 4. The summed E-state index contributed by atoms with van der Waals surface area (Å²) in [6, 6.07) is 16.2. The van der Waals surface area contributed by atoms with Crippen LogP contribution in [0, 0.1) is 13.8 Å². The number of ether oxygens (including phenoxy) is 4. The van der Waals surface area contributed by atoms with Gasteiger partial charge in [-0.1, -0.05) is 12.1 Å². The summed E-state index contributed by atoms with van der Waals surface area (Å²) >= 11 is 0. The van der Waals surface area contributed by atoms with Gasteiger partial charge >= 0.3 is 11.9 Å². The number of hydrogen-bond acceptors (Lipinski definition) is 10. The lowest BCUT2D eigenvalue weighted by Crippen LogP contribution is -2.14. The first-order valence-electron chi connectivity index (χ1n) is 13.7. The van der Waals surface area contributed by atoms with Crippen molar-refractivity contribution in [3.05, 3.63) is 105 Å². The van der Waals surface area contributed by atoms with Crippen LogP contribution in [-0.4, -0.2) is 46.6 Å². The molecule has 0 aliphatic rings. The van der Waals surface area contributed by atoms with Gasteiger partial charge < -0.3 is 39.4 Å². The van der Waals surface area contributed by atoms with Gasteiger partial charge in [0.15, 0.2) is 11.5 Å². The summed E-state index contributed by atoms with van der Waals surface area (Å²) < 4.78 is 21.7. The fourth-order valence-electron chi connectivity index (χ4n) is 5.05. The van der Waals surface area contributed by atoms with E-state index in [1.54, 1.807) is 36.4 Å². The molecule has 0 atom stereocenters. The molecule has 0 saturated carbocycles. The molecule has 4 N–H and O–H groups in total. The maximum Gasteiger partial charge on any atom is 0.344 e. The van der Waals surface area contributed by atoms with Crippen LogP contribution >= 0.6 is 0 Å². The van der Waals surface area contributed by atoms with Gasteiger partial charge in [-0.15, -0.1) is 0 Å². The largest absolute Gasteiger partial charge is 0.493 e. The minimum absolute atomic E-state index is 0.0949. The average molecular weight is 603 g/mol. The predicted octanol–water partition coefficient (Wildman–Crippen LogP) is 4.40. The highest BCUT2D eigenvalue weighted by Crippen LogP contribution is 2.34. The fourth-order valence-corrected chi connectivity index (χ4v) is 5.05. The highest BCUT2D eigenvalue weighted by atomic mass is 16.5. The van der Waals surface area contributed by atoms with Crippen LogP contribution in [0.25, 0.3) is 11.1 Å². The van der Waals surface area contributed by atoms with Gasteiger partial charge in [-0.2, -0.15) is 0 Å². The second-order valence-electron chi connectivity index (χ2n) is 10.0. The Morgan fingerprint density at radius 3 is 1.55 bits per heavy atom. The summed E-state index contributed by atoms with van der Waals surface area (Å²) in [4.78, 5) is 26.0. The first kappa shape index (κ1) is 32.2. The summed E-state index contributed by atoms with van der Waals surface area (Å²) in [7, 11) is 2.91. The number of methoxy groups -OCH3 is 2. The molecule has 0 fully saturated rings. The van der Waals surface area contributed by atoms with E-state index in [1.165, 1.54) is 38.5 Å². The zero-order chi connectivity index (χ0) is 32.0. The van der Waals surface area contributed by atoms with E-state index in [1.807, 2.05) is 13.8 Å². The zero-order valence-electron chi connectivity index (χ0n) is 24.8. The van der Waals surface area contributed by atoms with Crippen LogP contribution in [0.4, 0.5) is 0 Å². The smallest absolute Gasteiger partial charge is 0.344 e. The molecule has 10 heteroatoms. The maximum atomic E-state index is 13.0. The molecule has 0 aliphatic heterocycles. The van der Waals surface area contributed by atoms with Gasteiger partial charge in [0.25, 0.3) is 0 Å². The zero-order valence-corrected chi connectivity index (χ0v) is 24.8. The first-order valence-corrected chi connectivity index (χ1v) is 13.7. The van der Waals surface area contributed by atoms with E-state index in [4.69, 9.17) is 18.9 Å². The first-order chi connectivity index (χ1) is 21.2. The quantitative estimate of drug-likeness (QED) is 0.144. The van der Waals surface area contributed by atoms with Gasteiger partial charge in [0, 0.05) is 0 Å². The highest BCUT2D eigenvalue weighted by molar-refractivity contribution is 5.94. The lowest BCUT2D eigenvalue weighted by atomic mass is 9.95. The molecule has 0 heterocycles. The van der Waals surface area contributed by atoms with E-state index in [-0.39, 0.29) is 29.9 Å². The van der Waals surface area contributed by atoms with E-state index < -0.39 is 25.2 Å². The van der Waals surface area contributed by atoms with Gasteiger partial charge in [0.1, 0.15) is 11.5 Å². The Morgan fingerprint density at radius 1 is 0.568 bits per heavy atom. The van der Waals surface area contributed by atoms with Crippen molar-refractivity contribution < 1.29 is 49.0 Å². The Labute approximate surface area is 254 Å². The Hall–Kier alpha value is -4.74. The lowest BCUT2D eigenvalue weighted by molar-refractivity contribution is 0.0721. The van der Waals surface area contributed by atoms with Crippen molar-refractivity contribution in [1.82, 2.24) is 0 Å². The topological polar surface area (TPSA) is 152 Å². The van der Waals surface area contributed by atoms with E-state index in [9.17, 15) is 30.0 Å². The summed E-state index contributed by atoms with van der Waals surface area (Å²) in [6.45, 7) is 2.19. The molecule has 4 aromatic rings. The van der Waals surface area contributed by atoms with Gasteiger partial charge in [0.2, 0.25) is 0 Å². The number of carbonyl (C=O) groups is 2. The van der Waals surface area contributed by atoms with Crippen LogP contribution in [-0.2, 0) is 26.4 Å². The monoisotopic (exact) mass is 602 g/mol. The molecule has 230 valence electrons. The fraction of sp³-hybridized carbons (Fsp3) is 0.235. The third-order valence-corrected chi connectivity index (χ3v) is 7.23. The number of benzene rings is 4. The number of hydrogen-bond donors (Lipinski definition) is 4. The molecule has 10 nitrogen and oxygen atoms in total. The molecule has 0 saturated heterocycles. The van der Waals surface area contributed by atoms with Crippen molar-refractivity contribution in [2.45, 2.75) is 40.3 Å². The number of esters is 2. The van der Waals surface area contributed by atoms with Crippen molar-refractivity contribution in [2.75, 3.05) is 14.2 Å². The molecule has 0 spiro atoms. The van der Waals surface area contributed by atoms with E-state index in [0.29, 0.717) is 39.7 Å². The molecule has 0 unspecified atom stereocenters. The van der Waals surface area contributed by atoms with Crippen molar-refractivity contribution in [2.24, 2.45) is 0 Å². The van der Waals surface area contributed by atoms with Gasteiger partial charge in [-0.05, 0) is 107 Å². The van der Waals surface area contributed by atoms with Crippen LogP contribution in [0.2, 0.25) is 0 Å². The third kappa shape index (κ3) is 6.74. The molecule has 0 bridgehead atoms. The summed E-state index contributed by atoms with van der Waals surface area (Å²) in [5.74, 6) is -0.0589. The second kappa shape index (κ2) is 14.2. The van der Waals surface area contributed by atoms with Crippen LogP contribution in [0.15, 0.2) is 60.7 Å². The summed E-state index contributed by atoms with van der Waals surface area (Å²) in [6.07, 6.45) is 0. The van der Waals surface area contributed by atoms with E-state index in [2.05, 4.69) is 0 Å². The normalized spacial score (nSPS) is 10.8. The van der Waals surface area contributed by atoms with Crippen LogP contribution in [0.3, 0.4) is 0 Å². The summed E-state index contributed by atoms with van der Waals surface area (Å²) in [5.41, 5.74) is 5.03. The van der Waals surface area contributed by atoms with Crippen LogP contribution in [0.1, 0.15) is 54.1 Å². The van der Waals surface area contributed by atoms with Crippen molar-refractivity contribution >= 4 is 11.9 Å². The van der Waals surface area contributed by atoms with E-state index >= 15 is 0 Å². The number of aryl methyl sites for hydroxylation is 2. The molecule has 4 rings (SSSR count). The standard InChI is InChI=1S/C34H34O10/c1-19-9-27(44-33(39)28-12-23(16-36)22(15-35)11-24(28)17-37)10-20(2)32(19)21-5-7-26(8-6-21)43-34(40)29-14-31(42-4)30(41-3)13-25(29)18-38/h5-14,35-38H,15-18H2,1-4H3. The maximum absolute atomic E-state index is 13.0. The SMILES string of the molecule is COc1cc(CO)c(C(=O)Oc2ccc(-c3c(C)cc(OC(=O)c4cc(CO)c(CO)cc4CO)cc3C)cc2)cc1OC. The molecular weight excluding hydrogens is 568 g/mol. The molecule has 0 radical (unpaired) electrons. The number of aliphatic hydroxyl groups excluding tert-OH is 4. The lowest BCUT2D eigenvalue weighted by Gasteiger charge is -2.16. The predicted molar refractivity (Wildman–Crippen MR) is 161 cm³/mol. The highest BCUT2D eigenvalue weighted by Gasteiger charge is 2.20. The van der Waals surface area contributed by atoms with Gasteiger partial charge in [-0.25, -0.2) is 9.59 Å². The van der Waals surface area contributed by atoms with Crippen molar-refractivity contribution in [3.63, 3.8) is 0 Å². The number of rotatable bonds is 11. The summed E-state index contributed by atoms with van der Waals surface area (Å²) in [5, 5.41) is 38.7. The van der Waals surface area contributed by atoms with Crippen LogP contribution in [0.5, 0.6) is 23.0 Å². The average Bonchev–Trinajstić information content (AvgIpc) is 3.03. The molecule has 0 aromatic heterocycles. The minimum Gasteiger partial charge on any atom is -0.493 e. The Morgan fingerprint density at radius 2 is 1.02 bits per heavy atom. The molecule has 0 amide bonds. The molecule has 4 aromatic carbocycles. The van der Waals surface area contributed by atoms with Crippen LogP contribution < -0.4 is 18.9 Å². The second-order valence-corrected chi connectivity index (χ2v) is 10.0. The van der Waals surface area contributed by atoms with Gasteiger partial charge in [-0.3, -0.25) is 0 Å². The molecule has 0 aliphatic carbocycles. The van der Waals surface area contributed by atoms with Crippen molar-refractivity contribution in [3.8, 4) is 34.1 Å². The molecule has 44 heavy (non-hydrogen) atoms. The molecular formula is C34H34O10. The Bertz CT molecular complexity index is 1650.